The number of halogens is 1. The number of nitrogens with two attached hydrogens (primary N) is 1. The number of rotatable bonds is 3. The van der Waals surface area contributed by atoms with Crippen molar-refractivity contribution in [2.45, 2.75) is 13.3 Å². The van der Waals surface area contributed by atoms with Crippen LogP contribution in [0.3, 0.4) is 0 Å². The van der Waals surface area contributed by atoms with Crippen LogP contribution in [-0.2, 0) is 6.42 Å². The van der Waals surface area contributed by atoms with Gasteiger partial charge in [-0.25, -0.2) is 4.98 Å². The molecule has 5 nitrogen and oxygen atoms in total. The van der Waals surface area contributed by atoms with Crippen LogP contribution >= 0.6 is 11.6 Å². The number of fused-ring (bicyclic) bond motifs is 1. The Morgan fingerprint density at radius 1 is 1.19 bits per heavy atom. The van der Waals surface area contributed by atoms with Gasteiger partial charge < -0.3 is 10.5 Å². The van der Waals surface area contributed by atoms with Crippen LogP contribution < -0.4 is 10.5 Å². The molecule has 0 amide bonds. The second-order valence-electron chi connectivity index (χ2n) is 4.44. The summed E-state index contributed by atoms with van der Waals surface area (Å²) in [7, 11) is 0. The molecule has 0 bridgehead atoms. The zero-order valence-corrected chi connectivity index (χ0v) is 12.1. The quantitative estimate of drug-likeness (QED) is 0.748. The van der Waals surface area contributed by atoms with Crippen LogP contribution in [0.1, 0.15) is 12.7 Å². The van der Waals surface area contributed by atoms with E-state index < -0.39 is 0 Å². The average molecular weight is 301 g/mol. The topological polar surface area (TPSA) is 73.9 Å². The SMILES string of the molecule is CCc1nc(Cl)c(N)c(Oc2cccc3cccnc23)n1. The average Bonchev–Trinajstić information content (AvgIpc) is 2.52. The van der Waals surface area contributed by atoms with Gasteiger partial charge >= 0.3 is 0 Å². The second-order valence-corrected chi connectivity index (χ2v) is 4.79. The van der Waals surface area contributed by atoms with E-state index in [0.29, 0.717) is 18.0 Å². The largest absolute Gasteiger partial charge is 0.435 e. The van der Waals surface area contributed by atoms with Crippen LogP contribution in [0.15, 0.2) is 36.5 Å². The highest BCUT2D eigenvalue weighted by Gasteiger charge is 2.13. The van der Waals surface area contributed by atoms with Gasteiger partial charge in [-0.05, 0) is 12.1 Å². The molecule has 2 aromatic heterocycles. The van der Waals surface area contributed by atoms with E-state index in [1.807, 2.05) is 37.3 Å². The molecule has 0 aliphatic carbocycles. The number of aromatic nitrogens is 3. The van der Waals surface area contributed by atoms with Gasteiger partial charge in [0.05, 0.1) is 0 Å². The van der Waals surface area contributed by atoms with Gasteiger partial charge in [0, 0.05) is 18.0 Å². The number of aryl methyl sites for hydroxylation is 1. The van der Waals surface area contributed by atoms with E-state index in [9.17, 15) is 0 Å². The highest BCUT2D eigenvalue weighted by atomic mass is 35.5. The van der Waals surface area contributed by atoms with Gasteiger partial charge in [0.15, 0.2) is 10.9 Å². The zero-order chi connectivity index (χ0) is 14.8. The summed E-state index contributed by atoms with van der Waals surface area (Å²) < 4.78 is 5.82. The number of hydrogen-bond acceptors (Lipinski definition) is 5. The minimum atomic E-state index is 0.199. The lowest BCUT2D eigenvalue weighted by Crippen LogP contribution is -2.02. The Morgan fingerprint density at radius 2 is 2.00 bits per heavy atom. The third kappa shape index (κ3) is 2.60. The number of ether oxygens (including phenoxy) is 1. The maximum atomic E-state index is 6.01. The molecule has 3 aromatic rings. The lowest BCUT2D eigenvalue weighted by molar-refractivity contribution is 0.466. The van der Waals surface area contributed by atoms with Gasteiger partial charge in [-0.1, -0.05) is 36.7 Å². The molecule has 2 N–H and O–H groups in total. The van der Waals surface area contributed by atoms with Crippen LogP contribution in [-0.4, -0.2) is 15.0 Å². The predicted molar refractivity (Wildman–Crippen MR) is 82.6 cm³/mol. The Hall–Kier alpha value is -2.40. The van der Waals surface area contributed by atoms with Crippen molar-refractivity contribution in [2.75, 3.05) is 5.73 Å². The van der Waals surface area contributed by atoms with Crippen molar-refractivity contribution in [3.63, 3.8) is 0 Å². The van der Waals surface area contributed by atoms with Gasteiger partial charge in [-0.2, -0.15) is 4.98 Å². The molecule has 0 radical (unpaired) electrons. The molecule has 0 atom stereocenters. The minimum Gasteiger partial charge on any atom is -0.435 e. The van der Waals surface area contributed by atoms with Gasteiger partial charge in [0.1, 0.15) is 17.0 Å². The monoisotopic (exact) mass is 300 g/mol. The Bertz CT molecular complexity index is 802. The molecule has 0 aliphatic rings. The number of nitrogens with zero attached hydrogens (tertiary/aromatic N) is 3. The first kappa shape index (κ1) is 13.6. The lowest BCUT2D eigenvalue weighted by Gasteiger charge is -2.11. The molecule has 0 aliphatic heterocycles. The fraction of sp³-hybridized carbons (Fsp3) is 0.133. The highest BCUT2D eigenvalue weighted by molar-refractivity contribution is 6.32. The van der Waals surface area contributed by atoms with E-state index in [1.165, 1.54) is 0 Å². The third-order valence-corrected chi connectivity index (χ3v) is 3.32. The molecule has 3 rings (SSSR count). The molecule has 0 spiro atoms. The molecule has 0 saturated heterocycles. The predicted octanol–water partition coefficient (Wildman–Crippen LogP) is 3.62. The first-order chi connectivity index (χ1) is 10.2. The molecule has 0 saturated carbocycles. The van der Waals surface area contributed by atoms with Gasteiger partial charge in [-0.3, -0.25) is 4.98 Å². The molecular weight excluding hydrogens is 288 g/mol. The van der Waals surface area contributed by atoms with Crippen LogP contribution in [0, 0.1) is 0 Å². The molecular formula is C15H13ClN4O. The second kappa shape index (κ2) is 5.54. The summed E-state index contributed by atoms with van der Waals surface area (Å²) in [6.45, 7) is 1.94. The van der Waals surface area contributed by atoms with Gasteiger partial charge in [0.2, 0.25) is 5.88 Å². The van der Waals surface area contributed by atoms with Crippen LogP contribution in [0.5, 0.6) is 11.6 Å². The summed E-state index contributed by atoms with van der Waals surface area (Å²) in [5, 5.41) is 1.18. The Kier molecular flexibility index (Phi) is 3.58. The van der Waals surface area contributed by atoms with Crippen molar-refractivity contribution >= 4 is 28.2 Å². The normalized spacial score (nSPS) is 10.8. The van der Waals surface area contributed by atoms with E-state index >= 15 is 0 Å². The van der Waals surface area contributed by atoms with Crippen molar-refractivity contribution in [3.05, 3.63) is 47.5 Å². The van der Waals surface area contributed by atoms with Crippen LogP contribution in [0.2, 0.25) is 5.15 Å². The summed E-state index contributed by atoms with van der Waals surface area (Å²) in [6.07, 6.45) is 2.35. The number of benzene rings is 1. The van der Waals surface area contributed by atoms with E-state index in [0.717, 1.165) is 10.9 Å². The van der Waals surface area contributed by atoms with E-state index in [2.05, 4.69) is 15.0 Å². The fourth-order valence-corrected chi connectivity index (χ4v) is 2.14. The first-order valence-corrected chi connectivity index (χ1v) is 6.90. The molecule has 0 unspecified atom stereocenters. The number of nitrogen functional groups attached to an aromatic ring is 1. The summed E-state index contributed by atoms with van der Waals surface area (Å²) in [6, 6.07) is 9.50. The molecule has 0 fully saturated rings. The van der Waals surface area contributed by atoms with Crippen molar-refractivity contribution in [1.82, 2.24) is 15.0 Å². The van der Waals surface area contributed by atoms with Crippen molar-refractivity contribution < 1.29 is 4.74 Å². The van der Waals surface area contributed by atoms with Crippen LogP contribution in [0.4, 0.5) is 5.69 Å². The van der Waals surface area contributed by atoms with Crippen molar-refractivity contribution in [2.24, 2.45) is 0 Å². The van der Waals surface area contributed by atoms with Gasteiger partial charge in [-0.15, -0.1) is 0 Å². The number of hydrogen-bond donors (Lipinski definition) is 1. The maximum absolute atomic E-state index is 6.01. The molecule has 106 valence electrons. The molecule has 2 heterocycles. The summed E-state index contributed by atoms with van der Waals surface area (Å²) in [4.78, 5) is 12.7. The standard InChI is InChI=1S/C15H13ClN4O/c1-2-11-19-14(16)12(17)15(20-11)21-10-7-3-5-9-6-4-8-18-13(9)10/h3-8H,2,17H2,1H3. The van der Waals surface area contributed by atoms with Crippen LogP contribution in [0.25, 0.3) is 10.9 Å². The van der Waals surface area contributed by atoms with E-state index in [-0.39, 0.29) is 16.7 Å². The number of anilines is 1. The summed E-state index contributed by atoms with van der Waals surface area (Å²) >= 11 is 6.01. The highest BCUT2D eigenvalue weighted by Crippen LogP contribution is 2.33. The molecule has 21 heavy (non-hydrogen) atoms. The van der Waals surface area contributed by atoms with Gasteiger partial charge in [0.25, 0.3) is 0 Å². The smallest absolute Gasteiger partial charge is 0.247 e. The first-order valence-electron chi connectivity index (χ1n) is 6.52. The fourth-order valence-electron chi connectivity index (χ4n) is 1.96. The lowest BCUT2D eigenvalue weighted by atomic mass is 10.2. The molecule has 6 heteroatoms. The number of para-hydroxylation sites is 1. The maximum Gasteiger partial charge on any atom is 0.247 e. The van der Waals surface area contributed by atoms with E-state index in [1.54, 1.807) is 6.20 Å². The Balaban J connectivity index is 2.09. The molecule has 1 aromatic carbocycles. The Morgan fingerprint density at radius 3 is 2.81 bits per heavy atom. The van der Waals surface area contributed by atoms with Crippen molar-refractivity contribution in [1.29, 1.82) is 0 Å². The van der Waals surface area contributed by atoms with E-state index in [4.69, 9.17) is 22.1 Å². The van der Waals surface area contributed by atoms with Crippen molar-refractivity contribution in [3.8, 4) is 11.6 Å². The summed E-state index contributed by atoms with van der Waals surface area (Å²) in [5.41, 5.74) is 6.86. The summed E-state index contributed by atoms with van der Waals surface area (Å²) in [5.74, 6) is 1.42. The number of pyridine rings is 1. The minimum absolute atomic E-state index is 0.199. The Labute approximate surface area is 126 Å². The zero-order valence-electron chi connectivity index (χ0n) is 11.4. The third-order valence-electron chi connectivity index (χ3n) is 3.03.